The van der Waals surface area contributed by atoms with Gasteiger partial charge in [-0.1, -0.05) is 192 Å². The van der Waals surface area contributed by atoms with Gasteiger partial charge in [0.05, 0.1) is 32.2 Å². The third kappa shape index (κ3) is 18.0. The van der Waals surface area contributed by atoms with E-state index >= 15 is 0 Å². The number of benzene rings is 8. The summed E-state index contributed by atoms with van der Waals surface area (Å²) in [4.78, 5) is 89.2. The standard InChI is InChI=1S/C23H24N4O.C22H22N4O2.C20H20N4O.C17H15N3O/c1-18-10-12-20(13-11-18)27-17-25-23(24-16-26-14-6-3-7-15-26)21(27)22(28)19-8-4-2-5-9-19;1-17-7-9-19(10-8-17)26-16-24-22(23-15-25-11-13-28-14-12-25)20(26)21(27)18-5-3-2-4-6-18;1-15-9-11-17(12-10-15)24-14-22-20(21-13-23(2)3)18(24)19(25)16-7-5-4-6-8-16;1-12-7-9-14(10-8-12)20-11-19-17(18)15(20)16(21)13-5-3-2-4-6-13/h2,4-5,8-13,16-17H,3,6-7,14-15H2,1H3;2-10,15-16H,11-14H2,1H3;4-14H,1-3H3;2-11H,18H2,1H3. The number of hydrogen-bond acceptors (Lipinski definition) is 13. The van der Waals surface area contributed by atoms with Crippen LogP contribution < -0.4 is 5.73 Å². The van der Waals surface area contributed by atoms with Gasteiger partial charge in [0.2, 0.25) is 23.1 Å². The molecule has 20 nitrogen and oxygen atoms in total. The predicted octanol–water partition coefficient (Wildman–Crippen LogP) is 14.6. The van der Waals surface area contributed by atoms with Gasteiger partial charge in [0.15, 0.2) is 23.3 Å². The Bertz CT molecular complexity index is 4670. The summed E-state index contributed by atoms with van der Waals surface area (Å²) in [7, 11) is 3.75. The van der Waals surface area contributed by atoms with Crippen LogP contribution in [0.5, 0.6) is 0 Å². The molecule has 6 heterocycles. The first-order chi connectivity index (χ1) is 49.7. The van der Waals surface area contributed by atoms with Crippen LogP contribution >= 0.6 is 0 Å². The molecule has 2 N–H and O–H groups in total. The monoisotopic (exact) mass is 1360 g/mol. The average molecular weight is 1360 g/mol. The van der Waals surface area contributed by atoms with Gasteiger partial charge in [-0.05, 0) is 95.5 Å². The number of ketones is 4. The lowest BCUT2D eigenvalue weighted by atomic mass is 10.1. The second-order valence-corrected chi connectivity index (χ2v) is 24.8. The second kappa shape index (κ2) is 34.3. The Morgan fingerprint density at radius 2 is 0.657 bits per heavy atom. The van der Waals surface area contributed by atoms with Crippen LogP contribution in [-0.2, 0) is 4.74 Å². The summed E-state index contributed by atoms with van der Waals surface area (Å²) in [6, 6.07) is 68.7. The second-order valence-electron chi connectivity index (χ2n) is 24.8. The zero-order valence-corrected chi connectivity index (χ0v) is 58.1. The lowest BCUT2D eigenvalue weighted by Crippen LogP contribution is -2.35. The number of anilines is 1. The third-order valence-corrected chi connectivity index (χ3v) is 16.8. The molecule has 20 heteroatoms. The minimum atomic E-state index is -0.133. The molecule has 2 fully saturated rings. The number of likely N-dealkylation sites (tertiary alicyclic amines) is 1. The van der Waals surface area contributed by atoms with Gasteiger partial charge in [0.25, 0.3) is 0 Å². The number of aliphatic imine (C=N–C) groups is 3. The summed E-state index contributed by atoms with van der Waals surface area (Å²) in [5, 5.41) is 0. The van der Waals surface area contributed by atoms with E-state index in [1.54, 1.807) is 76.0 Å². The van der Waals surface area contributed by atoms with E-state index in [1.807, 2.05) is 252 Å². The summed E-state index contributed by atoms with van der Waals surface area (Å²) in [5.41, 5.74) is 18.3. The molecular weight excluding hydrogens is 1280 g/mol. The number of morpholine rings is 1. The average Bonchev–Trinajstić information content (AvgIpc) is 1.64. The van der Waals surface area contributed by atoms with Crippen molar-refractivity contribution in [3.8, 4) is 22.7 Å². The Morgan fingerprint density at radius 1 is 0.373 bits per heavy atom. The molecule has 12 aromatic rings. The van der Waals surface area contributed by atoms with Crippen molar-refractivity contribution in [3.63, 3.8) is 0 Å². The van der Waals surface area contributed by atoms with Gasteiger partial charge in [-0.25, -0.2) is 34.9 Å². The number of aryl methyl sites for hydroxylation is 4. The molecule has 0 radical (unpaired) electrons. The fourth-order valence-electron chi connectivity index (χ4n) is 11.2. The van der Waals surface area contributed by atoms with E-state index in [1.165, 1.54) is 24.8 Å². The summed E-state index contributed by atoms with van der Waals surface area (Å²) >= 11 is 0. The molecule has 0 spiro atoms. The summed E-state index contributed by atoms with van der Waals surface area (Å²) in [5.74, 6) is 1.10. The van der Waals surface area contributed by atoms with Crippen LogP contribution in [0, 0.1) is 27.7 Å². The van der Waals surface area contributed by atoms with Gasteiger partial charge in [-0.3, -0.25) is 37.4 Å². The maximum atomic E-state index is 13.3. The summed E-state index contributed by atoms with van der Waals surface area (Å²) < 4.78 is 12.5. The van der Waals surface area contributed by atoms with E-state index in [4.69, 9.17) is 10.5 Å². The van der Waals surface area contributed by atoms with Crippen molar-refractivity contribution in [3.05, 3.63) is 311 Å². The topological polar surface area (TPSA) is 222 Å². The smallest absolute Gasteiger partial charge is 0.213 e. The predicted molar refractivity (Wildman–Crippen MR) is 403 cm³/mol. The number of ether oxygens (including phenoxy) is 1. The first-order valence-electron chi connectivity index (χ1n) is 33.7. The summed E-state index contributed by atoms with van der Waals surface area (Å²) in [6.07, 6.45) is 15.4. The maximum Gasteiger partial charge on any atom is 0.213 e. The Morgan fingerprint density at radius 3 is 0.980 bits per heavy atom. The van der Waals surface area contributed by atoms with Crippen LogP contribution in [0.15, 0.2) is 259 Å². The molecule has 0 unspecified atom stereocenters. The van der Waals surface area contributed by atoms with Crippen molar-refractivity contribution < 1.29 is 23.9 Å². The van der Waals surface area contributed by atoms with Crippen LogP contribution in [0.25, 0.3) is 22.7 Å². The van der Waals surface area contributed by atoms with Crippen molar-refractivity contribution in [2.24, 2.45) is 15.0 Å². The van der Waals surface area contributed by atoms with Crippen molar-refractivity contribution in [1.29, 1.82) is 0 Å². The van der Waals surface area contributed by atoms with Gasteiger partial charge in [-0.2, -0.15) is 0 Å². The number of imidazole rings is 4. The molecule has 2 saturated heterocycles. The van der Waals surface area contributed by atoms with Gasteiger partial charge in [0, 0.05) is 85.3 Å². The zero-order valence-electron chi connectivity index (χ0n) is 58.1. The largest absolute Gasteiger partial charge is 0.382 e. The van der Waals surface area contributed by atoms with E-state index < -0.39 is 0 Å². The van der Waals surface area contributed by atoms with E-state index in [-0.39, 0.29) is 29.0 Å². The fourth-order valence-corrected chi connectivity index (χ4v) is 11.2. The lowest BCUT2D eigenvalue weighted by molar-refractivity contribution is 0.0701. The molecule has 2 aliphatic heterocycles. The Balaban J connectivity index is 0.000000137. The van der Waals surface area contributed by atoms with Crippen molar-refractivity contribution >= 4 is 65.4 Å². The minimum Gasteiger partial charge on any atom is -0.382 e. The molecule has 102 heavy (non-hydrogen) atoms. The van der Waals surface area contributed by atoms with Crippen LogP contribution in [0.2, 0.25) is 0 Å². The Hall–Kier alpha value is -12.6. The normalized spacial score (nSPS) is 12.8. The highest BCUT2D eigenvalue weighted by Crippen LogP contribution is 2.29. The zero-order chi connectivity index (χ0) is 71.3. The van der Waals surface area contributed by atoms with Gasteiger partial charge < -0.3 is 25.2 Å². The number of hydrogen-bond donors (Lipinski definition) is 1. The van der Waals surface area contributed by atoms with E-state index in [9.17, 15) is 19.2 Å². The maximum absolute atomic E-state index is 13.3. The van der Waals surface area contributed by atoms with Crippen LogP contribution in [0.1, 0.15) is 106 Å². The van der Waals surface area contributed by atoms with Gasteiger partial charge >= 0.3 is 0 Å². The first-order valence-corrected chi connectivity index (χ1v) is 33.7. The molecule has 0 amide bonds. The van der Waals surface area contributed by atoms with Crippen LogP contribution in [-0.4, -0.2) is 149 Å². The molecule has 8 aromatic carbocycles. The van der Waals surface area contributed by atoms with E-state index in [0.717, 1.165) is 65.6 Å². The fraction of sp³-hybridized carbons (Fsp3) is 0.183. The molecule has 0 saturated carbocycles. The van der Waals surface area contributed by atoms with Gasteiger partial charge in [0.1, 0.15) is 48.1 Å². The quantitative estimate of drug-likeness (QED) is 0.0480. The van der Waals surface area contributed by atoms with Crippen molar-refractivity contribution in [2.75, 3.05) is 59.2 Å². The first kappa shape index (κ1) is 70.8. The molecule has 0 aliphatic carbocycles. The molecular formula is C82H81N15O5. The third-order valence-electron chi connectivity index (χ3n) is 16.8. The van der Waals surface area contributed by atoms with Crippen molar-refractivity contribution in [2.45, 2.75) is 47.0 Å². The number of nitrogens with two attached hydrogens (primary N) is 1. The SMILES string of the molecule is Cc1ccc(-n2cnc(N)c2C(=O)c2ccccc2)cc1.Cc1ccc(-n2cnc(N=CN(C)C)c2C(=O)c2ccccc2)cc1.Cc1ccc(-n2cnc(N=CN3CCCCC3)c2C(=O)c2ccccc2)cc1.Cc1ccc(-n2cnc(N=CN3CCOCC3)c2C(=O)c2ccccc2)cc1. The Labute approximate surface area is 594 Å². The molecule has 2 aliphatic rings. The number of carbonyl (C=O) groups excluding carboxylic acids is 4. The molecule has 4 aromatic heterocycles. The van der Waals surface area contributed by atoms with Crippen LogP contribution in [0.3, 0.4) is 0 Å². The number of aromatic nitrogens is 8. The molecule has 514 valence electrons. The molecule has 0 bridgehead atoms. The lowest BCUT2D eigenvalue weighted by Gasteiger charge is -2.23. The summed E-state index contributed by atoms with van der Waals surface area (Å²) in [6.45, 7) is 13.1. The van der Waals surface area contributed by atoms with Crippen molar-refractivity contribution in [1.82, 2.24) is 52.9 Å². The Kier molecular flexibility index (Phi) is 23.8. The number of nitrogens with zero attached hydrogens (tertiary/aromatic N) is 14. The highest BCUT2D eigenvalue weighted by Gasteiger charge is 2.25. The minimum absolute atomic E-state index is 0.0792. The highest BCUT2D eigenvalue weighted by atomic mass is 16.5. The van der Waals surface area contributed by atoms with Gasteiger partial charge in [-0.15, -0.1) is 0 Å². The highest BCUT2D eigenvalue weighted by molar-refractivity contribution is 6.13. The van der Waals surface area contributed by atoms with E-state index in [2.05, 4.69) is 44.7 Å². The number of rotatable bonds is 18. The number of carbonyl (C=O) groups is 4. The van der Waals surface area contributed by atoms with E-state index in [0.29, 0.717) is 75.7 Å². The molecule has 14 rings (SSSR count). The number of nitrogen functional groups attached to an aromatic ring is 1. The number of piperidine rings is 1. The molecule has 0 atom stereocenters. The van der Waals surface area contributed by atoms with Crippen LogP contribution in [0.4, 0.5) is 23.3 Å².